The molecule has 1 N–H and O–H groups in total. The average molecular weight is 293 g/mol. The molecule has 0 radical (unpaired) electrons. The molecule has 20 heavy (non-hydrogen) atoms. The summed E-state index contributed by atoms with van der Waals surface area (Å²) in [7, 11) is 0. The minimum Gasteiger partial charge on any atom is -0.339 e. The molecule has 0 aliphatic carbocycles. The van der Waals surface area contributed by atoms with Gasteiger partial charge in [0.05, 0.1) is 11.7 Å². The van der Waals surface area contributed by atoms with Crippen LogP contribution in [0.3, 0.4) is 0 Å². The number of thioether (sulfide) groups is 1. The standard InChI is InChI=1S/C14H16FN3OS/c15-11-3-5-12(6-4-11)20-9-13-17-14(19-18-13)10-2-1-7-16-8-10/h3-6,10,16H,1-2,7-9H2/t10-/m0/s1. The van der Waals surface area contributed by atoms with Crippen LogP contribution in [0.1, 0.15) is 30.5 Å². The van der Waals surface area contributed by atoms with E-state index in [4.69, 9.17) is 4.52 Å². The minimum atomic E-state index is -0.221. The van der Waals surface area contributed by atoms with Crippen LogP contribution in [-0.4, -0.2) is 23.2 Å². The molecule has 1 aliphatic heterocycles. The lowest BCUT2D eigenvalue weighted by Crippen LogP contribution is -2.28. The summed E-state index contributed by atoms with van der Waals surface area (Å²) in [6.07, 6.45) is 2.24. The molecule has 0 unspecified atom stereocenters. The quantitative estimate of drug-likeness (QED) is 0.878. The Labute approximate surface area is 121 Å². The third-order valence-corrected chi connectivity index (χ3v) is 4.32. The Balaban J connectivity index is 1.58. The fraction of sp³-hybridized carbons (Fsp3) is 0.429. The monoisotopic (exact) mass is 293 g/mol. The van der Waals surface area contributed by atoms with E-state index in [2.05, 4.69) is 15.5 Å². The number of piperidine rings is 1. The molecule has 1 aliphatic rings. The van der Waals surface area contributed by atoms with E-state index in [1.165, 1.54) is 12.1 Å². The van der Waals surface area contributed by atoms with E-state index in [9.17, 15) is 4.39 Å². The molecule has 1 aromatic carbocycles. The van der Waals surface area contributed by atoms with Gasteiger partial charge in [0.25, 0.3) is 0 Å². The van der Waals surface area contributed by atoms with E-state index >= 15 is 0 Å². The van der Waals surface area contributed by atoms with Crippen LogP contribution in [0.4, 0.5) is 4.39 Å². The van der Waals surface area contributed by atoms with E-state index in [-0.39, 0.29) is 5.82 Å². The zero-order valence-corrected chi connectivity index (χ0v) is 11.8. The summed E-state index contributed by atoms with van der Waals surface area (Å²) < 4.78 is 18.1. The van der Waals surface area contributed by atoms with Crippen LogP contribution in [0, 0.1) is 5.82 Å². The highest BCUT2D eigenvalue weighted by Crippen LogP contribution is 2.25. The third-order valence-electron chi connectivity index (χ3n) is 3.31. The maximum absolute atomic E-state index is 12.8. The molecule has 0 amide bonds. The summed E-state index contributed by atoms with van der Waals surface area (Å²) in [5.74, 6) is 2.17. The van der Waals surface area contributed by atoms with Crippen LogP contribution in [0.5, 0.6) is 0 Å². The largest absolute Gasteiger partial charge is 0.339 e. The smallest absolute Gasteiger partial charge is 0.231 e. The molecule has 0 saturated carbocycles. The van der Waals surface area contributed by atoms with Gasteiger partial charge in [-0.15, -0.1) is 11.8 Å². The molecule has 6 heteroatoms. The molecular formula is C14H16FN3OS. The third kappa shape index (κ3) is 3.37. The van der Waals surface area contributed by atoms with Crippen molar-refractivity contribution in [1.82, 2.24) is 15.5 Å². The van der Waals surface area contributed by atoms with Gasteiger partial charge in [0.15, 0.2) is 5.82 Å². The van der Waals surface area contributed by atoms with Crippen molar-refractivity contribution in [3.63, 3.8) is 0 Å². The number of nitrogens with zero attached hydrogens (tertiary/aromatic N) is 2. The minimum absolute atomic E-state index is 0.221. The van der Waals surface area contributed by atoms with Crippen LogP contribution in [-0.2, 0) is 5.75 Å². The highest BCUT2D eigenvalue weighted by molar-refractivity contribution is 7.98. The molecule has 0 spiro atoms. The molecule has 1 saturated heterocycles. The Hall–Kier alpha value is -1.40. The van der Waals surface area contributed by atoms with Crippen molar-refractivity contribution in [2.75, 3.05) is 13.1 Å². The van der Waals surface area contributed by atoms with Gasteiger partial charge in [-0.1, -0.05) is 5.16 Å². The highest BCUT2D eigenvalue weighted by Gasteiger charge is 2.21. The average Bonchev–Trinajstić information content (AvgIpc) is 2.97. The topological polar surface area (TPSA) is 51.0 Å². The molecule has 3 rings (SSSR count). The lowest BCUT2D eigenvalue weighted by atomic mass is 10.00. The molecule has 1 atom stereocenters. The van der Waals surface area contributed by atoms with E-state index in [0.717, 1.165) is 36.7 Å². The fourth-order valence-electron chi connectivity index (χ4n) is 2.23. The SMILES string of the molecule is Fc1ccc(SCc2noc([C@H]3CCCNC3)n2)cc1. The predicted molar refractivity (Wildman–Crippen MR) is 75.1 cm³/mol. The highest BCUT2D eigenvalue weighted by atomic mass is 32.2. The van der Waals surface area contributed by atoms with Crippen LogP contribution in [0.15, 0.2) is 33.7 Å². The number of nitrogens with one attached hydrogen (secondary N) is 1. The van der Waals surface area contributed by atoms with Crippen LogP contribution >= 0.6 is 11.8 Å². The number of aromatic nitrogens is 2. The second-order valence-electron chi connectivity index (χ2n) is 4.83. The summed E-state index contributed by atoms with van der Waals surface area (Å²) in [6, 6.07) is 6.42. The summed E-state index contributed by atoms with van der Waals surface area (Å²) in [5, 5.41) is 7.35. The fourth-order valence-corrected chi connectivity index (χ4v) is 2.97. The van der Waals surface area contributed by atoms with E-state index in [1.54, 1.807) is 23.9 Å². The van der Waals surface area contributed by atoms with Crippen molar-refractivity contribution in [2.45, 2.75) is 29.4 Å². The van der Waals surface area contributed by atoms with Crippen molar-refractivity contribution in [3.8, 4) is 0 Å². The zero-order valence-electron chi connectivity index (χ0n) is 11.0. The van der Waals surface area contributed by atoms with Gasteiger partial charge in [-0.25, -0.2) is 4.39 Å². The van der Waals surface area contributed by atoms with Crippen LogP contribution in [0.2, 0.25) is 0 Å². The Morgan fingerprint density at radius 1 is 1.35 bits per heavy atom. The Morgan fingerprint density at radius 2 is 2.20 bits per heavy atom. The molecule has 2 heterocycles. The molecule has 2 aromatic rings. The maximum atomic E-state index is 12.8. The van der Waals surface area contributed by atoms with Crippen molar-refractivity contribution >= 4 is 11.8 Å². The summed E-state index contributed by atoms with van der Waals surface area (Å²) in [6.45, 7) is 1.98. The molecule has 4 nitrogen and oxygen atoms in total. The first-order valence-corrected chi connectivity index (χ1v) is 7.71. The Morgan fingerprint density at radius 3 is 2.95 bits per heavy atom. The van der Waals surface area contributed by atoms with Crippen molar-refractivity contribution in [1.29, 1.82) is 0 Å². The van der Waals surface area contributed by atoms with Gasteiger partial charge in [-0.2, -0.15) is 4.98 Å². The summed E-state index contributed by atoms with van der Waals surface area (Å²) >= 11 is 1.57. The lowest BCUT2D eigenvalue weighted by molar-refractivity contribution is 0.320. The van der Waals surface area contributed by atoms with E-state index < -0.39 is 0 Å². The number of rotatable bonds is 4. The second-order valence-corrected chi connectivity index (χ2v) is 5.88. The Kier molecular flexibility index (Phi) is 4.32. The zero-order chi connectivity index (χ0) is 13.8. The van der Waals surface area contributed by atoms with Crippen molar-refractivity contribution < 1.29 is 8.91 Å². The maximum Gasteiger partial charge on any atom is 0.231 e. The molecule has 1 aromatic heterocycles. The first kappa shape index (κ1) is 13.6. The molecule has 0 bridgehead atoms. The number of halogens is 1. The van der Waals surface area contributed by atoms with Gasteiger partial charge in [0.2, 0.25) is 5.89 Å². The first-order valence-electron chi connectivity index (χ1n) is 6.73. The van der Waals surface area contributed by atoms with Gasteiger partial charge in [0.1, 0.15) is 5.82 Å². The van der Waals surface area contributed by atoms with Gasteiger partial charge >= 0.3 is 0 Å². The second kappa shape index (κ2) is 6.37. The van der Waals surface area contributed by atoms with E-state index in [1.807, 2.05) is 0 Å². The van der Waals surface area contributed by atoms with Gasteiger partial charge in [-0.3, -0.25) is 0 Å². The molecule has 106 valence electrons. The summed E-state index contributed by atoms with van der Waals surface area (Å²) in [4.78, 5) is 5.45. The van der Waals surface area contributed by atoms with E-state index in [0.29, 0.717) is 17.5 Å². The van der Waals surface area contributed by atoms with Crippen molar-refractivity contribution in [3.05, 3.63) is 41.8 Å². The van der Waals surface area contributed by atoms with Gasteiger partial charge < -0.3 is 9.84 Å². The predicted octanol–water partition coefficient (Wildman–Crippen LogP) is 2.97. The normalized spacial score (nSPS) is 19.1. The lowest BCUT2D eigenvalue weighted by Gasteiger charge is -2.18. The van der Waals surface area contributed by atoms with Crippen LogP contribution in [0.25, 0.3) is 0 Å². The Bertz CT molecular complexity index is 552. The van der Waals surface area contributed by atoms with Crippen LogP contribution < -0.4 is 5.32 Å². The number of hydrogen-bond acceptors (Lipinski definition) is 5. The first-order chi connectivity index (χ1) is 9.81. The van der Waals surface area contributed by atoms with Crippen molar-refractivity contribution in [2.24, 2.45) is 0 Å². The summed E-state index contributed by atoms with van der Waals surface area (Å²) in [5.41, 5.74) is 0. The van der Waals surface area contributed by atoms with Gasteiger partial charge in [-0.05, 0) is 43.7 Å². The molecular weight excluding hydrogens is 277 g/mol. The van der Waals surface area contributed by atoms with Gasteiger partial charge in [0, 0.05) is 11.4 Å². The molecule has 1 fully saturated rings. The number of benzene rings is 1. The number of hydrogen-bond donors (Lipinski definition) is 1.